The molecule has 1 unspecified atom stereocenters. The minimum Gasteiger partial charge on any atom is -0.493 e. The molecule has 0 spiro atoms. The topological polar surface area (TPSA) is 129 Å². The third-order valence-electron chi connectivity index (χ3n) is 4.81. The molecule has 2 aromatic carbocycles. The molecule has 0 bridgehead atoms. The lowest BCUT2D eigenvalue weighted by Gasteiger charge is -2.18. The number of nitrogens with zero attached hydrogens (tertiary/aromatic N) is 1. The lowest BCUT2D eigenvalue weighted by atomic mass is 10.1. The summed E-state index contributed by atoms with van der Waals surface area (Å²) >= 11 is 0. The molecular weight excluding hydrogens is 412 g/mol. The molecule has 0 saturated heterocycles. The van der Waals surface area contributed by atoms with Gasteiger partial charge in [0.05, 0.1) is 32.2 Å². The zero-order valence-electron chi connectivity index (χ0n) is 18.2. The Morgan fingerprint density at radius 3 is 2.34 bits per heavy atom. The number of nitrogens with one attached hydrogen (secondary N) is 2. The summed E-state index contributed by atoms with van der Waals surface area (Å²) in [5.74, 6) is 0.347. The van der Waals surface area contributed by atoms with Gasteiger partial charge in [-0.05, 0) is 24.1 Å². The zero-order chi connectivity index (χ0) is 23.1. The standard InChI is InChI=1S/C23H26N4O5/c1-4-16(22-25-12-17(26-22)14-8-6-5-7-9-14)27-23(29)15-10-18(30-2)21(19(11-15)31-3)32-13-20(24)28/h5-12,16H,4,13H2,1-3H3,(H2,24,28)(H,25,26)(H,27,29). The summed E-state index contributed by atoms with van der Waals surface area (Å²) < 4.78 is 16.0. The van der Waals surface area contributed by atoms with Gasteiger partial charge in [-0.3, -0.25) is 9.59 Å². The monoisotopic (exact) mass is 438 g/mol. The highest BCUT2D eigenvalue weighted by molar-refractivity contribution is 5.96. The summed E-state index contributed by atoms with van der Waals surface area (Å²) in [5, 5.41) is 2.98. The molecule has 0 fully saturated rings. The van der Waals surface area contributed by atoms with Crippen LogP contribution in [0.3, 0.4) is 0 Å². The lowest BCUT2D eigenvalue weighted by Crippen LogP contribution is -2.29. The predicted octanol–water partition coefficient (Wildman–Crippen LogP) is 2.84. The van der Waals surface area contributed by atoms with Crippen LogP contribution in [0.2, 0.25) is 0 Å². The lowest BCUT2D eigenvalue weighted by molar-refractivity contribution is -0.120. The van der Waals surface area contributed by atoms with Gasteiger partial charge in [0.25, 0.3) is 11.8 Å². The normalized spacial score (nSPS) is 11.5. The number of carbonyl (C=O) groups is 2. The third-order valence-corrected chi connectivity index (χ3v) is 4.81. The second kappa shape index (κ2) is 10.3. The minimum atomic E-state index is -0.643. The van der Waals surface area contributed by atoms with Crippen molar-refractivity contribution in [3.63, 3.8) is 0 Å². The van der Waals surface area contributed by atoms with E-state index in [1.165, 1.54) is 26.4 Å². The van der Waals surface area contributed by atoms with Crippen LogP contribution in [0.15, 0.2) is 48.7 Å². The smallest absolute Gasteiger partial charge is 0.255 e. The first kappa shape index (κ1) is 22.7. The summed E-state index contributed by atoms with van der Waals surface area (Å²) in [5.41, 5.74) is 7.33. The molecule has 1 atom stereocenters. The van der Waals surface area contributed by atoms with Crippen LogP contribution in [-0.4, -0.2) is 42.6 Å². The Bertz CT molecular complexity index is 1060. The van der Waals surface area contributed by atoms with Gasteiger partial charge in [0.15, 0.2) is 18.1 Å². The van der Waals surface area contributed by atoms with E-state index in [2.05, 4.69) is 15.3 Å². The number of ether oxygens (including phenoxy) is 3. The number of aromatic amines is 1. The van der Waals surface area contributed by atoms with Gasteiger partial charge in [-0.2, -0.15) is 0 Å². The van der Waals surface area contributed by atoms with E-state index in [4.69, 9.17) is 19.9 Å². The number of hydrogen-bond donors (Lipinski definition) is 3. The van der Waals surface area contributed by atoms with Gasteiger partial charge in [-0.15, -0.1) is 0 Å². The van der Waals surface area contributed by atoms with Crippen LogP contribution >= 0.6 is 0 Å². The average Bonchev–Trinajstić information content (AvgIpc) is 3.31. The second-order valence-electron chi connectivity index (χ2n) is 6.95. The highest BCUT2D eigenvalue weighted by Gasteiger charge is 2.22. The zero-order valence-corrected chi connectivity index (χ0v) is 18.2. The van der Waals surface area contributed by atoms with Gasteiger partial charge in [0, 0.05) is 5.56 Å². The number of benzene rings is 2. The predicted molar refractivity (Wildman–Crippen MR) is 119 cm³/mol. The highest BCUT2D eigenvalue weighted by Crippen LogP contribution is 2.38. The van der Waals surface area contributed by atoms with Gasteiger partial charge in [0.1, 0.15) is 5.82 Å². The molecule has 2 amide bonds. The van der Waals surface area contributed by atoms with Crippen molar-refractivity contribution in [2.45, 2.75) is 19.4 Å². The van der Waals surface area contributed by atoms with Gasteiger partial charge in [0.2, 0.25) is 5.75 Å². The van der Waals surface area contributed by atoms with Crippen LogP contribution in [0.1, 0.15) is 35.6 Å². The van der Waals surface area contributed by atoms with Gasteiger partial charge in [-0.1, -0.05) is 37.3 Å². The Hall–Kier alpha value is -4.01. The van der Waals surface area contributed by atoms with Crippen molar-refractivity contribution in [1.82, 2.24) is 15.3 Å². The van der Waals surface area contributed by atoms with E-state index in [9.17, 15) is 9.59 Å². The summed E-state index contributed by atoms with van der Waals surface area (Å²) in [7, 11) is 2.85. The van der Waals surface area contributed by atoms with Crippen molar-refractivity contribution in [3.05, 3.63) is 60.0 Å². The van der Waals surface area contributed by atoms with Gasteiger partial charge < -0.3 is 30.2 Å². The van der Waals surface area contributed by atoms with Gasteiger partial charge >= 0.3 is 0 Å². The molecule has 1 heterocycles. The summed E-state index contributed by atoms with van der Waals surface area (Å²) in [6.45, 7) is 1.61. The molecule has 168 valence electrons. The first-order valence-corrected chi connectivity index (χ1v) is 10.0. The molecule has 0 aliphatic rings. The second-order valence-corrected chi connectivity index (χ2v) is 6.95. The number of amides is 2. The summed E-state index contributed by atoms with van der Waals surface area (Å²) in [6, 6.07) is 12.5. The SMILES string of the molecule is CCC(NC(=O)c1cc(OC)c(OCC(N)=O)c(OC)c1)c1ncc(-c2ccccc2)[nH]1. The van der Waals surface area contributed by atoms with Crippen molar-refractivity contribution in [1.29, 1.82) is 0 Å². The number of methoxy groups -OCH3 is 2. The van der Waals surface area contributed by atoms with Gasteiger partial charge in [-0.25, -0.2) is 4.98 Å². The average molecular weight is 438 g/mol. The van der Waals surface area contributed by atoms with E-state index in [1.807, 2.05) is 37.3 Å². The van der Waals surface area contributed by atoms with E-state index in [0.717, 1.165) is 11.3 Å². The quantitative estimate of drug-likeness (QED) is 0.446. The van der Waals surface area contributed by atoms with Crippen molar-refractivity contribution >= 4 is 11.8 Å². The van der Waals surface area contributed by atoms with Crippen LogP contribution < -0.4 is 25.3 Å². The Morgan fingerprint density at radius 1 is 1.12 bits per heavy atom. The van der Waals surface area contributed by atoms with E-state index in [-0.39, 0.29) is 35.8 Å². The first-order valence-electron chi connectivity index (χ1n) is 10.0. The van der Waals surface area contributed by atoms with Crippen molar-refractivity contribution < 1.29 is 23.8 Å². The van der Waals surface area contributed by atoms with E-state index < -0.39 is 5.91 Å². The number of nitrogens with two attached hydrogens (primary N) is 1. The molecule has 0 aliphatic heterocycles. The van der Waals surface area contributed by atoms with Crippen molar-refractivity contribution in [3.8, 4) is 28.5 Å². The molecular formula is C23H26N4O5. The first-order chi connectivity index (χ1) is 15.5. The van der Waals surface area contributed by atoms with Crippen LogP contribution in [0, 0.1) is 0 Å². The fourth-order valence-corrected chi connectivity index (χ4v) is 3.18. The molecule has 9 nitrogen and oxygen atoms in total. The minimum absolute atomic E-state index is 0.191. The molecule has 3 aromatic rings. The van der Waals surface area contributed by atoms with Crippen LogP contribution in [0.5, 0.6) is 17.2 Å². The maximum atomic E-state index is 13.0. The number of hydrogen-bond acceptors (Lipinski definition) is 6. The van der Waals surface area contributed by atoms with Crippen LogP contribution in [0.4, 0.5) is 0 Å². The number of carbonyl (C=O) groups excluding carboxylic acids is 2. The fourth-order valence-electron chi connectivity index (χ4n) is 3.18. The van der Waals surface area contributed by atoms with E-state index in [0.29, 0.717) is 17.8 Å². The Morgan fingerprint density at radius 2 is 1.78 bits per heavy atom. The number of aromatic nitrogens is 2. The molecule has 9 heteroatoms. The van der Waals surface area contributed by atoms with Crippen LogP contribution in [-0.2, 0) is 4.79 Å². The largest absolute Gasteiger partial charge is 0.493 e. The molecule has 4 N–H and O–H groups in total. The molecule has 0 aliphatic carbocycles. The number of imidazole rings is 1. The Kier molecular flexibility index (Phi) is 7.33. The number of rotatable bonds is 10. The molecule has 0 radical (unpaired) electrons. The molecule has 32 heavy (non-hydrogen) atoms. The molecule has 3 rings (SSSR count). The maximum Gasteiger partial charge on any atom is 0.255 e. The molecule has 1 aromatic heterocycles. The van der Waals surface area contributed by atoms with Crippen molar-refractivity contribution in [2.75, 3.05) is 20.8 Å². The number of primary amides is 1. The highest BCUT2D eigenvalue weighted by atomic mass is 16.5. The molecule has 0 saturated carbocycles. The summed E-state index contributed by atoms with van der Waals surface area (Å²) in [6.07, 6.45) is 2.37. The van der Waals surface area contributed by atoms with Crippen molar-refractivity contribution in [2.24, 2.45) is 5.73 Å². The van der Waals surface area contributed by atoms with E-state index >= 15 is 0 Å². The maximum absolute atomic E-state index is 13.0. The van der Waals surface area contributed by atoms with Crippen LogP contribution in [0.25, 0.3) is 11.3 Å². The Balaban J connectivity index is 1.82. The third kappa shape index (κ3) is 5.18. The Labute approximate surface area is 185 Å². The van der Waals surface area contributed by atoms with E-state index in [1.54, 1.807) is 6.20 Å². The number of H-pyrrole nitrogens is 1. The summed E-state index contributed by atoms with van der Waals surface area (Å²) in [4.78, 5) is 31.8. The fraction of sp³-hybridized carbons (Fsp3) is 0.261.